The van der Waals surface area contributed by atoms with E-state index in [1.807, 2.05) is 0 Å². The molecular formula is C51H46SiZr-4. The average Bonchev–Trinajstić information content (AvgIpc) is 3.76. The summed E-state index contributed by atoms with van der Waals surface area (Å²) in [5.74, 6) is 0. The second-order valence-corrected chi connectivity index (χ2v) is 13.7. The topological polar surface area (TPSA) is 0 Å². The van der Waals surface area contributed by atoms with Gasteiger partial charge < -0.3 is 14.9 Å². The van der Waals surface area contributed by atoms with Gasteiger partial charge in [-0.3, -0.25) is 0 Å². The predicted octanol–water partition coefficient (Wildman–Crippen LogP) is 14.5. The van der Waals surface area contributed by atoms with Crippen LogP contribution >= 0.6 is 0 Å². The molecule has 9 aromatic rings. The first-order valence-corrected chi connectivity index (χ1v) is 21.7. The molecule has 9 rings (SSSR count). The van der Waals surface area contributed by atoms with E-state index in [0.29, 0.717) is 0 Å². The van der Waals surface area contributed by atoms with Crippen LogP contribution in [0.1, 0.15) is 27.8 Å². The van der Waals surface area contributed by atoms with Crippen LogP contribution in [0.25, 0.3) is 76.5 Å². The van der Waals surface area contributed by atoms with Gasteiger partial charge in [0, 0.05) is 0 Å². The minimum atomic E-state index is 0. The summed E-state index contributed by atoms with van der Waals surface area (Å²) >= 11 is 1.36. The Hall–Kier alpha value is -4.62. The summed E-state index contributed by atoms with van der Waals surface area (Å²) < 4.78 is 0. The molecule has 0 nitrogen and oxygen atoms in total. The molecule has 0 aromatic heterocycles. The normalized spacial score (nSPS) is 10.6. The molecule has 0 aliphatic carbocycles. The molecule has 0 spiro atoms. The van der Waals surface area contributed by atoms with Crippen LogP contribution in [-0.4, -0.2) is 6.88 Å². The Morgan fingerprint density at radius 2 is 0.925 bits per heavy atom. The van der Waals surface area contributed by atoms with E-state index in [0.717, 1.165) is 0 Å². The molecular weight excluding hydrogens is 732 g/mol. The minimum absolute atomic E-state index is 0. The zero-order chi connectivity index (χ0) is 35.6. The van der Waals surface area contributed by atoms with Crippen molar-refractivity contribution in [3.63, 3.8) is 0 Å². The fourth-order valence-corrected chi connectivity index (χ4v) is 7.99. The average molecular weight is 778 g/mol. The number of aryl methyl sites for hydroxylation is 5. The van der Waals surface area contributed by atoms with Crippen molar-refractivity contribution in [1.29, 1.82) is 0 Å². The molecule has 0 fully saturated rings. The van der Waals surface area contributed by atoms with Crippen molar-refractivity contribution in [2.75, 3.05) is 0 Å². The number of hydrogen-bond donors (Lipinski definition) is 0. The van der Waals surface area contributed by atoms with Crippen LogP contribution in [0.15, 0.2) is 152 Å². The zero-order valence-electron chi connectivity index (χ0n) is 31.9. The third-order valence-electron chi connectivity index (χ3n) is 10.1. The Morgan fingerprint density at radius 3 is 1.51 bits per heavy atom. The van der Waals surface area contributed by atoms with E-state index in [1.165, 1.54) is 128 Å². The van der Waals surface area contributed by atoms with E-state index in [1.54, 1.807) is 0 Å². The molecule has 0 amide bonds. The van der Waals surface area contributed by atoms with Crippen LogP contribution in [-0.2, 0) is 23.3 Å². The van der Waals surface area contributed by atoms with Crippen LogP contribution in [0.4, 0.5) is 0 Å². The molecule has 0 heterocycles. The second kappa shape index (κ2) is 17.0. The quantitative estimate of drug-likeness (QED) is 0.124. The van der Waals surface area contributed by atoms with Gasteiger partial charge in [0.25, 0.3) is 0 Å². The summed E-state index contributed by atoms with van der Waals surface area (Å²) in [5.41, 5.74) is 14.7. The maximum atomic E-state index is 3.06. The number of hydrogen-bond acceptors (Lipinski definition) is 0. The second-order valence-electron chi connectivity index (χ2n) is 13.7. The molecule has 0 N–H and O–H groups in total. The van der Waals surface area contributed by atoms with Gasteiger partial charge in [0.15, 0.2) is 0 Å². The summed E-state index contributed by atoms with van der Waals surface area (Å²) in [6.07, 6.45) is 0. The van der Waals surface area contributed by atoms with E-state index >= 15 is 0 Å². The Bertz CT molecular complexity index is 2650. The predicted molar refractivity (Wildman–Crippen MR) is 233 cm³/mol. The van der Waals surface area contributed by atoms with E-state index in [-0.39, 0.29) is 14.9 Å². The molecule has 9 aromatic carbocycles. The molecule has 0 aliphatic rings. The van der Waals surface area contributed by atoms with Crippen LogP contribution in [0, 0.1) is 49.5 Å². The Morgan fingerprint density at radius 1 is 0.434 bits per heavy atom. The van der Waals surface area contributed by atoms with Gasteiger partial charge >= 0.3 is 30.2 Å². The first-order valence-electron chi connectivity index (χ1n) is 17.5. The number of rotatable bonds is 3. The van der Waals surface area contributed by atoms with Crippen LogP contribution < -0.4 is 0 Å². The number of fused-ring (bicyclic) bond motifs is 4. The summed E-state index contributed by atoms with van der Waals surface area (Å²) in [4.78, 5) is 0. The van der Waals surface area contributed by atoms with Crippen molar-refractivity contribution in [3.05, 3.63) is 194 Å². The number of benzene rings is 7. The molecule has 262 valence electrons. The molecule has 0 aliphatic heterocycles. The maximum absolute atomic E-state index is 3.06. The fraction of sp³-hybridized carbons (Fsp3) is 0.0980. The van der Waals surface area contributed by atoms with Gasteiger partial charge in [-0.2, -0.15) is 6.07 Å². The summed E-state index contributed by atoms with van der Waals surface area (Å²) in [7, 11) is 0. The van der Waals surface area contributed by atoms with Gasteiger partial charge in [0.1, 0.15) is 0 Å². The van der Waals surface area contributed by atoms with Crippen LogP contribution in [0.2, 0.25) is 0 Å². The van der Waals surface area contributed by atoms with Gasteiger partial charge in [-0.25, -0.2) is 0 Å². The van der Waals surface area contributed by atoms with E-state index in [4.69, 9.17) is 0 Å². The van der Waals surface area contributed by atoms with Gasteiger partial charge in [0.2, 0.25) is 0 Å². The molecule has 53 heavy (non-hydrogen) atoms. The van der Waals surface area contributed by atoms with E-state index in [2.05, 4.69) is 193 Å². The summed E-state index contributed by atoms with van der Waals surface area (Å²) in [5, 5.41) is 10.6. The Balaban J connectivity index is 0.000000195. The van der Waals surface area contributed by atoms with Crippen molar-refractivity contribution < 1.29 is 23.3 Å². The standard InChI is InChI=1S/C28H23.C21H17.2CH3.Si.Zr/c1-18-14-19(2)28(20(3)15-18)23-16-22-10-7-13-26(27(22)17-23)25-12-6-9-21-8-4-5-11-24(21)25;1-14-12-20-15(2)10-11-19(21(20)13-14)18-9-5-7-16-6-3-4-8-17(16)18;;;;/h4-17H,1-3H3;3-13H,1-2H3;2*1H3;;/q4*-1;;. The van der Waals surface area contributed by atoms with Gasteiger partial charge in [0.05, 0.1) is 0 Å². The molecule has 0 bridgehead atoms. The summed E-state index contributed by atoms with van der Waals surface area (Å²) in [6.45, 7) is 14.0. The SMILES string of the molecule is Cc1cc(C)c(-c2cc3c(-c4cccc5ccccc45)cccc3[cH-]2)c(C)c1.Cc1cc2c(-c3cccc4ccccc34)ccc(C)c2[cH-]1.[CH3-].[CH3-].[Si]=[Zr]. The first-order chi connectivity index (χ1) is 24.9. The first kappa shape index (κ1) is 39.6. The van der Waals surface area contributed by atoms with E-state index < -0.39 is 0 Å². The van der Waals surface area contributed by atoms with Gasteiger partial charge in [-0.1, -0.05) is 162 Å². The molecule has 2 heteroatoms. The van der Waals surface area contributed by atoms with Crippen molar-refractivity contribution >= 4 is 50.0 Å². The monoisotopic (exact) mass is 776 g/mol. The van der Waals surface area contributed by atoms with Crippen molar-refractivity contribution in [2.24, 2.45) is 0 Å². The third-order valence-corrected chi connectivity index (χ3v) is 10.1. The van der Waals surface area contributed by atoms with Crippen molar-refractivity contribution in [3.8, 4) is 33.4 Å². The van der Waals surface area contributed by atoms with Gasteiger partial charge in [-0.15, -0.1) is 68.6 Å². The van der Waals surface area contributed by atoms with E-state index in [9.17, 15) is 0 Å². The molecule has 0 saturated heterocycles. The van der Waals surface area contributed by atoms with Crippen molar-refractivity contribution in [1.82, 2.24) is 0 Å². The van der Waals surface area contributed by atoms with Crippen molar-refractivity contribution in [2.45, 2.75) is 34.6 Å². The molecule has 2 radical (unpaired) electrons. The van der Waals surface area contributed by atoms with Crippen LogP contribution in [0.3, 0.4) is 0 Å². The Labute approximate surface area is 333 Å². The third kappa shape index (κ3) is 7.73. The molecule has 0 atom stereocenters. The molecule has 0 unspecified atom stereocenters. The zero-order valence-corrected chi connectivity index (χ0v) is 35.4. The Kier molecular flexibility index (Phi) is 12.7. The van der Waals surface area contributed by atoms with Gasteiger partial charge in [-0.05, 0) is 53.4 Å². The molecule has 0 saturated carbocycles. The summed E-state index contributed by atoms with van der Waals surface area (Å²) in [6, 6.07) is 55.5. The fourth-order valence-electron chi connectivity index (χ4n) is 7.99. The van der Waals surface area contributed by atoms with Crippen LogP contribution in [0.5, 0.6) is 0 Å².